The summed E-state index contributed by atoms with van der Waals surface area (Å²) in [5.41, 5.74) is 2.32. The van der Waals surface area contributed by atoms with Crippen molar-refractivity contribution in [2.75, 3.05) is 13.8 Å². The number of rotatable bonds is 2. The third-order valence-electron chi connectivity index (χ3n) is 2.28. The van der Waals surface area contributed by atoms with Crippen molar-refractivity contribution in [2.24, 2.45) is 4.99 Å². The molecule has 0 fully saturated rings. The fourth-order valence-corrected chi connectivity index (χ4v) is 1.43. The summed E-state index contributed by atoms with van der Waals surface area (Å²) in [6, 6.07) is 6.00. The van der Waals surface area contributed by atoms with Gasteiger partial charge in [-0.05, 0) is 24.6 Å². The highest BCUT2D eigenvalue weighted by atomic mass is 16.7. The first-order valence-corrected chi connectivity index (χ1v) is 4.60. The van der Waals surface area contributed by atoms with Gasteiger partial charge in [-0.1, -0.05) is 6.07 Å². The van der Waals surface area contributed by atoms with E-state index in [-0.39, 0.29) is 0 Å². The first-order valence-electron chi connectivity index (χ1n) is 4.60. The number of hydrogen-bond donors (Lipinski definition) is 0. The molecule has 0 bridgehead atoms. The molecule has 1 aromatic rings. The van der Waals surface area contributed by atoms with Gasteiger partial charge in [0.15, 0.2) is 11.5 Å². The van der Waals surface area contributed by atoms with Crippen LogP contribution in [0.5, 0.6) is 11.5 Å². The van der Waals surface area contributed by atoms with Gasteiger partial charge >= 0.3 is 0 Å². The van der Waals surface area contributed by atoms with Gasteiger partial charge in [0.05, 0.1) is 0 Å². The van der Waals surface area contributed by atoms with Crippen molar-refractivity contribution in [1.82, 2.24) is 0 Å². The average molecular weight is 191 g/mol. The molecule has 0 unspecified atom stereocenters. The van der Waals surface area contributed by atoms with Crippen LogP contribution in [0.3, 0.4) is 0 Å². The van der Waals surface area contributed by atoms with Crippen LogP contribution in [0.2, 0.25) is 0 Å². The van der Waals surface area contributed by atoms with E-state index in [1.807, 2.05) is 32.2 Å². The Morgan fingerprint density at radius 3 is 2.93 bits per heavy atom. The van der Waals surface area contributed by atoms with E-state index in [4.69, 9.17) is 9.47 Å². The van der Waals surface area contributed by atoms with Gasteiger partial charge in [-0.25, -0.2) is 0 Å². The molecule has 0 aliphatic carbocycles. The highest BCUT2D eigenvalue weighted by Gasteiger charge is 2.12. The molecule has 3 heteroatoms. The predicted molar refractivity (Wildman–Crippen MR) is 55.3 cm³/mol. The van der Waals surface area contributed by atoms with Crippen LogP contribution in [-0.4, -0.2) is 19.6 Å². The van der Waals surface area contributed by atoms with Crippen LogP contribution in [0.15, 0.2) is 23.2 Å². The molecule has 0 amide bonds. The molecule has 74 valence electrons. The summed E-state index contributed by atoms with van der Waals surface area (Å²) < 4.78 is 10.5. The maximum Gasteiger partial charge on any atom is 0.231 e. The molecule has 14 heavy (non-hydrogen) atoms. The van der Waals surface area contributed by atoms with Crippen LogP contribution >= 0.6 is 0 Å². The lowest BCUT2D eigenvalue weighted by atomic mass is 10.1. The van der Waals surface area contributed by atoms with Crippen LogP contribution < -0.4 is 9.47 Å². The van der Waals surface area contributed by atoms with E-state index < -0.39 is 0 Å². The minimum absolute atomic E-state index is 0.333. The first kappa shape index (κ1) is 9.06. The highest BCUT2D eigenvalue weighted by Crippen LogP contribution is 2.32. The molecular weight excluding hydrogens is 178 g/mol. The summed E-state index contributed by atoms with van der Waals surface area (Å²) in [7, 11) is 1.81. The first-order chi connectivity index (χ1) is 6.79. The molecule has 3 nitrogen and oxygen atoms in total. The normalized spacial score (nSPS) is 14.6. The molecule has 0 radical (unpaired) electrons. The molecule has 0 atom stereocenters. The molecule has 1 aliphatic rings. The molecule has 0 spiro atoms. The Kier molecular flexibility index (Phi) is 2.39. The third-order valence-corrected chi connectivity index (χ3v) is 2.28. The molecule has 0 N–H and O–H groups in total. The van der Waals surface area contributed by atoms with E-state index in [1.165, 1.54) is 5.56 Å². The van der Waals surface area contributed by atoms with Crippen LogP contribution in [0.1, 0.15) is 12.5 Å². The highest BCUT2D eigenvalue weighted by molar-refractivity contribution is 5.84. The van der Waals surface area contributed by atoms with E-state index in [1.54, 1.807) is 0 Å². The zero-order valence-corrected chi connectivity index (χ0v) is 8.41. The largest absolute Gasteiger partial charge is 0.454 e. The van der Waals surface area contributed by atoms with Crippen LogP contribution in [-0.2, 0) is 6.42 Å². The van der Waals surface area contributed by atoms with E-state index in [0.717, 1.165) is 23.6 Å². The molecule has 1 aliphatic heterocycles. The number of ether oxygens (including phenoxy) is 2. The SMILES string of the molecule is CN=C(C)Cc1ccc2c(c1)OCO2. The number of hydrogen-bond acceptors (Lipinski definition) is 3. The number of benzene rings is 1. The van der Waals surface area contributed by atoms with Gasteiger partial charge in [0, 0.05) is 19.2 Å². The van der Waals surface area contributed by atoms with Gasteiger partial charge in [0.25, 0.3) is 0 Å². The van der Waals surface area contributed by atoms with Crippen molar-refractivity contribution >= 4 is 5.71 Å². The molecular formula is C11H13NO2. The third kappa shape index (κ3) is 1.71. The standard InChI is InChI=1S/C11H13NO2/c1-8(12-2)5-9-3-4-10-11(6-9)14-7-13-10/h3-4,6H,5,7H2,1-2H3. The molecule has 0 aromatic heterocycles. The van der Waals surface area contributed by atoms with Gasteiger partial charge in [-0.3, -0.25) is 4.99 Å². The lowest BCUT2D eigenvalue weighted by molar-refractivity contribution is 0.174. The monoisotopic (exact) mass is 191 g/mol. The molecule has 1 heterocycles. The van der Waals surface area contributed by atoms with Gasteiger partial charge < -0.3 is 9.47 Å². The smallest absolute Gasteiger partial charge is 0.231 e. The Bertz CT molecular complexity index is 372. The Morgan fingerprint density at radius 2 is 2.14 bits per heavy atom. The minimum Gasteiger partial charge on any atom is -0.454 e. The summed E-state index contributed by atoms with van der Waals surface area (Å²) in [6.45, 7) is 2.35. The predicted octanol–water partition coefficient (Wildman–Crippen LogP) is 2.05. The summed E-state index contributed by atoms with van der Waals surface area (Å²) in [5.74, 6) is 1.67. The molecule has 0 saturated carbocycles. The summed E-state index contributed by atoms with van der Waals surface area (Å²) in [6.07, 6.45) is 0.868. The van der Waals surface area contributed by atoms with Crippen molar-refractivity contribution < 1.29 is 9.47 Å². The Morgan fingerprint density at radius 1 is 1.36 bits per heavy atom. The second kappa shape index (κ2) is 3.70. The maximum absolute atomic E-state index is 5.29. The van der Waals surface area contributed by atoms with E-state index in [9.17, 15) is 0 Å². The van der Waals surface area contributed by atoms with Gasteiger partial charge in [0.2, 0.25) is 6.79 Å². The lowest BCUT2D eigenvalue weighted by Crippen LogP contribution is -1.96. The van der Waals surface area contributed by atoms with E-state index >= 15 is 0 Å². The minimum atomic E-state index is 0.333. The Hall–Kier alpha value is -1.51. The molecule has 2 rings (SSSR count). The number of aliphatic imine (C=N–C) groups is 1. The summed E-state index contributed by atoms with van der Waals surface area (Å²) >= 11 is 0. The van der Waals surface area contributed by atoms with Crippen molar-refractivity contribution in [2.45, 2.75) is 13.3 Å². The van der Waals surface area contributed by atoms with Gasteiger partial charge in [-0.2, -0.15) is 0 Å². The van der Waals surface area contributed by atoms with Crippen LogP contribution in [0, 0.1) is 0 Å². The second-order valence-electron chi connectivity index (χ2n) is 3.32. The average Bonchev–Trinajstić information content (AvgIpc) is 2.64. The maximum atomic E-state index is 5.29. The van der Waals surface area contributed by atoms with Gasteiger partial charge in [-0.15, -0.1) is 0 Å². The zero-order chi connectivity index (χ0) is 9.97. The van der Waals surface area contributed by atoms with Crippen LogP contribution in [0.25, 0.3) is 0 Å². The van der Waals surface area contributed by atoms with Gasteiger partial charge in [0.1, 0.15) is 0 Å². The van der Waals surface area contributed by atoms with Crippen molar-refractivity contribution in [3.63, 3.8) is 0 Å². The fourth-order valence-electron chi connectivity index (χ4n) is 1.43. The summed E-state index contributed by atoms with van der Waals surface area (Å²) in [5, 5.41) is 0. The summed E-state index contributed by atoms with van der Waals surface area (Å²) in [4.78, 5) is 4.12. The van der Waals surface area contributed by atoms with E-state index in [2.05, 4.69) is 4.99 Å². The topological polar surface area (TPSA) is 30.8 Å². The van der Waals surface area contributed by atoms with Crippen molar-refractivity contribution in [3.8, 4) is 11.5 Å². The quantitative estimate of drug-likeness (QED) is 0.670. The Labute approximate surface area is 83.4 Å². The number of nitrogens with zero attached hydrogens (tertiary/aromatic N) is 1. The molecule has 1 aromatic carbocycles. The molecule has 0 saturated heterocycles. The zero-order valence-electron chi connectivity index (χ0n) is 8.41. The lowest BCUT2D eigenvalue weighted by Gasteiger charge is -2.02. The van der Waals surface area contributed by atoms with Crippen LogP contribution in [0.4, 0.5) is 0 Å². The van der Waals surface area contributed by atoms with Crippen molar-refractivity contribution in [3.05, 3.63) is 23.8 Å². The van der Waals surface area contributed by atoms with Crippen molar-refractivity contribution in [1.29, 1.82) is 0 Å². The second-order valence-corrected chi connectivity index (χ2v) is 3.32. The Balaban J connectivity index is 2.21. The number of fused-ring (bicyclic) bond motifs is 1. The fraction of sp³-hybridized carbons (Fsp3) is 0.364. The van der Waals surface area contributed by atoms with E-state index in [0.29, 0.717) is 6.79 Å².